The molecule has 2 amide bonds. The van der Waals surface area contributed by atoms with Crippen LogP contribution in [0, 0.1) is 0 Å². The van der Waals surface area contributed by atoms with Gasteiger partial charge in [0.25, 0.3) is 11.8 Å². The summed E-state index contributed by atoms with van der Waals surface area (Å²) in [6, 6.07) is 8.27. The van der Waals surface area contributed by atoms with Crippen molar-refractivity contribution in [3.63, 3.8) is 0 Å². The van der Waals surface area contributed by atoms with Gasteiger partial charge >= 0.3 is 24.5 Å². The molecule has 48 heavy (non-hydrogen) atoms. The van der Waals surface area contributed by atoms with Gasteiger partial charge in [0.2, 0.25) is 5.60 Å². The van der Waals surface area contributed by atoms with Crippen LogP contribution >= 0.6 is 15.9 Å². The monoisotopic (exact) mass is 750 g/mol. The Morgan fingerprint density at radius 1 is 0.938 bits per heavy atom. The van der Waals surface area contributed by atoms with E-state index in [9.17, 15) is 35.9 Å². The lowest BCUT2D eigenvalue weighted by molar-refractivity contribution is -0.299. The topological polar surface area (TPSA) is 117 Å². The first-order chi connectivity index (χ1) is 22.0. The van der Waals surface area contributed by atoms with E-state index in [0.717, 1.165) is 0 Å². The summed E-state index contributed by atoms with van der Waals surface area (Å²) >= 11 is 2.71. The van der Waals surface area contributed by atoms with E-state index in [-0.39, 0.29) is 11.3 Å². The molecular formula is C31H33BrF6N4O6. The Labute approximate surface area is 280 Å². The van der Waals surface area contributed by atoms with Gasteiger partial charge in [0.15, 0.2) is 5.69 Å². The van der Waals surface area contributed by atoms with Crippen LogP contribution in [-0.2, 0) is 32.6 Å². The van der Waals surface area contributed by atoms with Crippen molar-refractivity contribution in [3.8, 4) is 11.6 Å². The Bertz CT molecular complexity index is 1590. The summed E-state index contributed by atoms with van der Waals surface area (Å²) in [7, 11) is 0. The Morgan fingerprint density at radius 2 is 1.50 bits per heavy atom. The van der Waals surface area contributed by atoms with Gasteiger partial charge < -0.3 is 18.6 Å². The average Bonchev–Trinajstić information content (AvgIpc) is 3.41. The van der Waals surface area contributed by atoms with E-state index in [1.165, 1.54) is 59.8 Å². The molecule has 2 heterocycles. The Balaban J connectivity index is 2.32. The van der Waals surface area contributed by atoms with Gasteiger partial charge in [-0.25, -0.2) is 14.6 Å². The summed E-state index contributed by atoms with van der Waals surface area (Å²) in [6.07, 6.45) is -13.0. The van der Waals surface area contributed by atoms with Crippen LogP contribution in [0.5, 0.6) is 0 Å². The molecule has 0 aliphatic heterocycles. The Hall–Kier alpha value is -3.99. The number of ether oxygens (including phenoxy) is 3. The van der Waals surface area contributed by atoms with Gasteiger partial charge in [0, 0.05) is 0 Å². The largest absolute Gasteiger partial charge is 0.443 e. The molecule has 10 nitrogen and oxygen atoms in total. The van der Waals surface area contributed by atoms with Crippen LogP contribution in [0.3, 0.4) is 0 Å². The van der Waals surface area contributed by atoms with Crippen molar-refractivity contribution in [2.45, 2.75) is 90.1 Å². The zero-order valence-corrected chi connectivity index (χ0v) is 28.3. The maximum atomic E-state index is 14.9. The smallest absolute Gasteiger partial charge is 0.426 e. The summed E-state index contributed by atoms with van der Waals surface area (Å²) in [5.74, 6) is -2.00. The fraction of sp³-hybridized carbons (Fsp3) is 0.452. The zero-order chi connectivity index (χ0) is 36.3. The first-order valence-corrected chi connectivity index (χ1v) is 15.0. The molecule has 0 radical (unpaired) electrons. The molecule has 3 rings (SSSR count). The molecule has 0 fully saturated rings. The Morgan fingerprint density at radius 3 is 1.98 bits per heavy atom. The number of carbonyl (C=O) groups excluding carboxylic acids is 2. The van der Waals surface area contributed by atoms with Crippen molar-refractivity contribution >= 4 is 33.8 Å². The minimum Gasteiger partial charge on any atom is -0.443 e. The predicted molar refractivity (Wildman–Crippen MR) is 164 cm³/mol. The summed E-state index contributed by atoms with van der Waals surface area (Å²) in [5, 5.41) is 7.24. The third-order valence-corrected chi connectivity index (χ3v) is 6.72. The third kappa shape index (κ3) is 9.33. The predicted octanol–water partition coefficient (Wildman–Crippen LogP) is 9.53. The van der Waals surface area contributed by atoms with Gasteiger partial charge in [-0.05, 0) is 81.9 Å². The number of alkyl halides is 6. The van der Waals surface area contributed by atoms with E-state index in [2.05, 4.69) is 37.7 Å². The number of rotatable bonds is 9. The summed E-state index contributed by atoms with van der Waals surface area (Å²) < 4.78 is 108. The second kappa shape index (κ2) is 14.2. The Kier molecular flexibility index (Phi) is 11.4. The maximum Gasteiger partial charge on any atom is 0.426 e. The highest BCUT2D eigenvalue weighted by molar-refractivity contribution is 9.10. The normalized spacial score (nSPS) is 13.9. The molecule has 17 heteroatoms. The fourth-order valence-electron chi connectivity index (χ4n) is 4.05. The number of imide groups is 1. The van der Waals surface area contributed by atoms with Crippen molar-refractivity contribution in [2.24, 2.45) is 0 Å². The highest BCUT2D eigenvalue weighted by Crippen LogP contribution is 2.47. The molecule has 2 aromatic heterocycles. The zero-order valence-electron chi connectivity index (χ0n) is 26.8. The van der Waals surface area contributed by atoms with Gasteiger partial charge in [-0.2, -0.15) is 31.2 Å². The summed E-state index contributed by atoms with van der Waals surface area (Å²) in [5.41, 5.74) is -8.55. The van der Waals surface area contributed by atoms with Crippen molar-refractivity contribution in [2.75, 3.05) is 4.90 Å². The quantitative estimate of drug-likeness (QED) is 0.120. The average molecular weight is 752 g/mol. The van der Waals surface area contributed by atoms with Crippen LogP contribution in [0.2, 0.25) is 0 Å². The van der Waals surface area contributed by atoms with Crippen LogP contribution in [0.1, 0.15) is 71.4 Å². The molecule has 0 saturated carbocycles. The minimum absolute atomic E-state index is 0.116. The van der Waals surface area contributed by atoms with E-state index in [1.54, 1.807) is 18.2 Å². The molecule has 0 aliphatic rings. The van der Waals surface area contributed by atoms with E-state index >= 15 is 0 Å². The number of pyridine rings is 1. The van der Waals surface area contributed by atoms with Crippen molar-refractivity contribution in [1.29, 1.82) is 0 Å². The molecule has 0 N–H and O–H groups in total. The number of hydrogen-bond donors (Lipinski definition) is 0. The molecule has 0 saturated heterocycles. The van der Waals surface area contributed by atoms with E-state index < -0.39 is 87.7 Å². The number of halogens is 7. The van der Waals surface area contributed by atoms with Gasteiger partial charge in [-0.15, -0.1) is 16.8 Å². The summed E-state index contributed by atoms with van der Waals surface area (Å²) in [4.78, 5) is 30.7. The first-order valence-electron chi connectivity index (χ1n) is 14.2. The fourth-order valence-corrected chi connectivity index (χ4v) is 4.56. The van der Waals surface area contributed by atoms with E-state index in [1.807, 2.05) is 0 Å². The molecule has 0 bridgehead atoms. The second-order valence-corrected chi connectivity index (χ2v) is 13.1. The third-order valence-electron chi connectivity index (χ3n) is 6.11. The van der Waals surface area contributed by atoms with E-state index in [0.29, 0.717) is 11.6 Å². The van der Waals surface area contributed by atoms with Crippen molar-refractivity contribution < 1.29 is 54.6 Å². The lowest BCUT2D eigenvalue weighted by atomic mass is 9.96. The second-order valence-electron chi connectivity index (χ2n) is 12.3. The van der Waals surface area contributed by atoms with Crippen LogP contribution in [0.25, 0.3) is 11.6 Å². The van der Waals surface area contributed by atoms with Crippen LogP contribution in [0.15, 0.2) is 58.1 Å². The molecule has 0 spiro atoms. The number of allylic oxidation sites excluding steroid dienone is 1. The molecule has 0 unspecified atom stereocenters. The van der Waals surface area contributed by atoms with Gasteiger partial charge in [-0.3, -0.25) is 0 Å². The first kappa shape index (κ1) is 38.5. The molecule has 0 aliphatic carbocycles. The van der Waals surface area contributed by atoms with Crippen LogP contribution < -0.4 is 4.90 Å². The number of aromatic nitrogens is 3. The van der Waals surface area contributed by atoms with Crippen LogP contribution in [-0.4, -0.2) is 44.7 Å². The number of hydrogen-bond acceptors (Lipinski definition) is 9. The van der Waals surface area contributed by atoms with E-state index in [4.69, 9.17) is 18.6 Å². The lowest BCUT2D eigenvalue weighted by Crippen LogP contribution is -2.45. The maximum absolute atomic E-state index is 14.9. The van der Waals surface area contributed by atoms with Gasteiger partial charge in [-0.1, -0.05) is 36.4 Å². The molecule has 1 aromatic carbocycles. The molecule has 1 atom stereocenters. The molecule has 262 valence electrons. The number of amides is 2. The van der Waals surface area contributed by atoms with Gasteiger partial charge in [0.1, 0.15) is 15.8 Å². The van der Waals surface area contributed by atoms with Crippen molar-refractivity contribution in [3.05, 3.63) is 70.7 Å². The van der Waals surface area contributed by atoms with Crippen molar-refractivity contribution in [1.82, 2.24) is 15.2 Å². The molecule has 3 aromatic rings. The van der Waals surface area contributed by atoms with Crippen LogP contribution in [0.4, 0.5) is 41.6 Å². The standard InChI is InChI=1S/C31H33BrF6N4O6/c1-8-9-15-29(31(36,37)38,45-17-18-13-11-10-12-14-18)24-41-40-23(46-24)21-20(16-19(22(32)39-21)30(33,34)35)42(25(43)47-27(2,3)4)26(44)48-28(5,6)7/h8,10-14,16H,1,9,15,17H2,2-7H3/t29-/m1/s1. The highest BCUT2D eigenvalue weighted by Gasteiger charge is 2.61. The molecular weight excluding hydrogens is 718 g/mol. The number of carbonyl (C=O) groups is 2. The summed E-state index contributed by atoms with van der Waals surface area (Å²) in [6.45, 7) is 11.5. The van der Waals surface area contributed by atoms with Gasteiger partial charge in [0.05, 0.1) is 17.9 Å². The number of nitrogens with zero attached hydrogens (tertiary/aromatic N) is 4. The minimum atomic E-state index is -5.16. The number of anilines is 1. The highest BCUT2D eigenvalue weighted by atomic mass is 79.9. The lowest BCUT2D eigenvalue weighted by Gasteiger charge is -2.32. The number of benzene rings is 1. The SMILES string of the molecule is C=CCC[C@@](OCc1ccccc1)(c1nnc(-c2nc(Br)c(C(F)(F)F)cc2N(C(=O)OC(C)(C)C)C(=O)OC(C)(C)C)o1)C(F)(F)F.